The minimum atomic E-state index is -0.483. The summed E-state index contributed by atoms with van der Waals surface area (Å²) in [7, 11) is 0. The van der Waals surface area contributed by atoms with E-state index >= 15 is 0 Å². The Bertz CT molecular complexity index is 199. The first-order chi connectivity index (χ1) is 4.34. The third-order valence-electron chi connectivity index (χ3n) is 1.07. The first-order valence-corrected chi connectivity index (χ1v) is 2.61. The van der Waals surface area contributed by atoms with Crippen LogP contribution in [-0.2, 0) is 9.59 Å². The van der Waals surface area contributed by atoms with Gasteiger partial charge in [-0.15, -0.1) is 0 Å². The Labute approximate surface area is 52.9 Å². The lowest BCUT2D eigenvalue weighted by Gasteiger charge is -1.83. The highest BCUT2D eigenvalue weighted by Crippen LogP contribution is 2.06. The molecule has 0 aliphatic heterocycles. The van der Waals surface area contributed by atoms with E-state index in [1.807, 2.05) is 0 Å². The number of hydrogen-bond donors (Lipinski definition) is 0. The number of carbonyl (C=O) groups excluding carboxylic acids is 2. The molecule has 0 amide bonds. The van der Waals surface area contributed by atoms with E-state index < -0.39 is 5.78 Å². The maximum atomic E-state index is 10.5. The summed E-state index contributed by atoms with van der Waals surface area (Å²) in [5.74, 6) is -0.483. The lowest BCUT2D eigenvalue weighted by atomic mass is 10.2. The van der Waals surface area contributed by atoms with Crippen molar-refractivity contribution in [3.63, 3.8) is 0 Å². The molecule has 1 rings (SSSR count). The second-order valence-electron chi connectivity index (χ2n) is 1.68. The highest BCUT2D eigenvalue weighted by molar-refractivity contribution is 6.33. The predicted molar refractivity (Wildman–Crippen MR) is 31.6 cm³/mol. The lowest BCUT2D eigenvalue weighted by molar-refractivity contribution is -0.127. The number of Topliss-reactive ketones (excluding diaryl/α,β-unsaturated/α-hetero) is 1. The maximum absolute atomic E-state index is 10.5. The van der Waals surface area contributed by atoms with Crippen LogP contribution >= 0.6 is 0 Å². The largest absolute Gasteiger partial charge is 0.294 e. The van der Waals surface area contributed by atoms with Gasteiger partial charge in [0.05, 0.1) is 0 Å². The van der Waals surface area contributed by atoms with Crippen molar-refractivity contribution >= 4 is 12.1 Å². The lowest BCUT2D eigenvalue weighted by Crippen LogP contribution is -1.99. The van der Waals surface area contributed by atoms with E-state index in [9.17, 15) is 9.59 Å². The van der Waals surface area contributed by atoms with E-state index in [1.165, 1.54) is 0 Å². The van der Waals surface area contributed by atoms with E-state index in [-0.39, 0.29) is 0 Å². The average molecular weight is 121 g/mol. The third kappa shape index (κ3) is 1.13. The summed E-state index contributed by atoms with van der Waals surface area (Å²) in [6.45, 7) is 0. The van der Waals surface area contributed by atoms with E-state index in [0.717, 1.165) is 0 Å². The molecule has 0 unspecified atom stereocenters. The third-order valence-corrected chi connectivity index (χ3v) is 1.07. The Hall–Kier alpha value is -1.18. The molecule has 0 aromatic rings. The van der Waals surface area contributed by atoms with Gasteiger partial charge in [0, 0.05) is 5.57 Å². The van der Waals surface area contributed by atoms with Crippen LogP contribution in [0.2, 0.25) is 0 Å². The van der Waals surface area contributed by atoms with Gasteiger partial charge in [-0.3, -0.25) is 9.59 Å². The summed E-state index contributed by atoms with van der Waals surface area (Å²) in [4.78, 5) is 20.3. The van der Waals surface area contributed by atoms with Crippen LogP contribution in [0.3, 0.4) is 0 Å². The first-order valence-electron chi connectivity index (χ1n) is 2.61. The van der Waals surface area contributed by atoms with Crippen molar-refractivity contribution in [2.75, 3.05) is 0 Å². The van der Waals surface area contributed by atoms with Crippen molar-refractivity contribution in [1.82, 2.24) is 0 Å². The van der Waals surface area contributed by atoms with E-state index in [1.54, 1.807) is 12.2 Å². The average Bonchev–Trinajstić information content (AvgIpc) is 2.37. The van der Waals surface area contributed by atoms with Gasteiger partial charge < -0.3 is 0 Å². The number of ketones is 1. The Morgan fingerprint density at radius 1 is 1.78 bits per heavy atom. The Balaban J connectivity index is 2.73. The van der Waals surface area contributed by atoms with E-state index in [4.69, 9.17) is 0 Å². The Kier molecular flexibility index (Phi) is 1.58. The zero-order valence-electron chi connectivity index (χ0n) is 4.76. The molecule has 1 aliphatic rings. The maximum Gasteiger partial charge on any atom is 0.225 e. The second-order valence-corrected chi connectivity index (χ2v) is 1.68. The molecule has 0 heterocycles. The number of rotatable bonds is 2. The van der Waals surface area contributed by atoms with Crippen LogP contribution in [0.15, 0.2) is 17.7 Å². The van der Waals surface area contributed by atoms with Crippen LogP contribution in [0, 0.1) is 6.08 Å². The van der Waals surface area contributed by atoms with Gasteiger partial charge >= 0.3 is 0 Å². The van der Waals surface area contributed by atoms with Crippen molar-refractivity contribution in [3.05, 3.63) is 23.8 Å². The monoisotopic (exact) mass is 121 g/mol. The van der Waals surface area contributed by atoms with Gasteiger partial charge in [0.1, 0.15) is 0 Å². The first kappa shape index (κ1) is 5.95. The summed E-state index contributed by atoms with van der Waals surface area (Å²) in [5.41, 5.74) is 0.394. The Morgan fingerprint density at radius 2 is 2.56 bits per heavy atom. The Morgan fingerprint density at radius 3 is 3.00 bits per heavy atom. The van der Waals surface area contributed by atoms with Crippen molar-refractivity contribution in [2.45, 2.75) is 6.42 Å². The second kappa shape index (κ2) is 2.40. The molecule has 9 heavy (non-hydrogen) atoms. The predicted octanol–water partition coefficient (Wildman–Crippen LogP) is 0.444. The summed E-state index contributed by atoms with van der Waals surface area (Å²) in [6, 6.07) is 0. The summed E-state index contributed by atoms with van der Waals surface area (Å²) in [6.07, 6.45) is 7.08. The molecule has 0 saturated heterocycles. The SMILES string of the molecule is O=CC(=O)C1=[C]CC=C1. The minimum absolute atomic E-state index is 0.304. The van der Waals surface area contributed by atoms with Gasteiger partial charge in [-0.05, 0) is 12.5 Å². The zero-order valence-corrected chi connectivity index (χ0v) is 4.76. The van der Waals surface area contributed by atoms with Gasteiger partial charge in [-0.1, -0.05) is 12.2 Å². The highest BCUT2D eigenvalue weighted by atomic mass is 16.2. The fourth-order valence-electron chi connectivity index (χ4n) is 0.637. The fourth-order valence-corrected chi connectivity index (χ4v) is 0.637. The van der Waals surface area contributed by atoms with Crippen LogP contribution in [0.4, 0.5) is 0 Å². The zero-order chi connectivity index (χ0) is 6.69. The molecule has 0 fully saturated rings. The molecular weight excluding hydrogens is 116 g/mol. The molecule has 2 nitrogen and oxygen atoms in total. The number of carbonyl (C=O) groups is 2. The van der Waals surface area contributed by atoms with Crippen molar-refractivity contribution in [1.29, 1.82) is 0 Å². The van der Waals surface area contributed by atoms with Crippen LogP contribution in [0.25, 0.3) is 0 Å². The van der Waals surface area contributed by atoms with Crippen LogP contribution in [-0.4, -0.2) is 12.1 Å². The van der Waals surface area contributed by atoms with Crippen molar-refractivity contribution < 1.29 is 9.59 Å². The van der Waals surface area contributed by atoms with Gasteiger partial charge in [0.25, 0.3) is 0 Å². The minimum Gasteiger partial charge on any atom is -0.294 e. The summed E-state index contributed by atoms with van der Waals surface area (Å²) < 4.78 is 0. The molecule has 0 bridgehead atoms. The van der Waals surface area contributed by atoms with Crippen LogP contribution in [0.5, 0.6) is 0 Å². The molecule has 0 spiro atoms. The summed E-state index contributed by atoms with van der Waals surface area (Å²) in [5, 5.41) is 0. The summed E-state index contributed by atoms with van der Waals surface area (Å²) >= 11 is 0. The van der Waals surface area contributed by atoms with E-state index in [2.05, 4.69) is 6.08 Å². The molecule has 1 radical (unpaired) electrons. The molecule has 0 aromatic heterocycles. The van der Waals surface area contributed by atoms with E-state index in [0.29, 0.717) is 18.3 Å². The normalized spacial score (nSPS) is 15.3. The van der Waals surface area contributed by atoms with Gasteiger partial charge in [-0.25, -0.2) is 0 Å². The van der Waals surface area contributed by atoms with Crippen LogP contribution < -0.4 is 0 Å². The number of hydrogen-bond acceptors (Lipinski definition) is 2. The molecule has 1 aliphatic carbocycles. The number of aldehydes is 1. The van der Waals surface area contributed by atoms with Crippen molar-refractivity contribution in [2.24, 2.45) is 0 Å². The molecule has 0 N–H and O–H groups in total. The molecule has 0 saturated carbocycles. The molecule has 0 atom stereocenters. The smallest absolute Gasteiger partial charge is 0.225 e. The van der Waals surface area contributed by atoms with Crippen LogP contribution in [0.1, 0.15) is 6.42 Å². The standard InChI is InChI=1S/C7H5O2/c8-5-7(9)6-3-1-2-4-6/h1,3,5H,2H2. The molecule has 2 heteroatoms. The van der Waals surface area contributed by atoms with Gasteiger partial charge in [0.15, 0.2) is 6.29 Å². The topological polar surface area (TPSA) is 34.1 Å². The number of allylic oxidation sites excluding steroid dienone is 4. The molecular formula is C7H5O2. The van der Waals surface area contributed by atoms with Crippen molar-refractivity contribution in [3.8, 4) is 0 Å². The molecule has 0 aromatic carbocycles. The highest BCUT2D eigenvalue weighted by Gasteiger charge is 2.06. The van der Waals surface area contributed by atoms with Gasteiger partial charge in [0.2, 0.25) is 5.78 Å². The van der Waals surface area contributed by atoms with Gasteiger partial charge in [-0.2, -0.15) is 0 Å². The quantitative estimate of drug-likeness (QED) is 0.392. The fraction of sp³-hybridized carbons (Fsp3) is 0.143. The molecule has 45 valence electrons.